The molecule has 0 unspecified atom stereocenters. The number of benzene rings is 1. The lowest BCUT2D eigenvalue weighted by molar-refractivity contribution is -0.544. The summed E-state index contributed by atoms with van der Waals surface area (Å²) in [7, 11) is 0. The Balaban J connectivity index is 2.05. The number of aryl methyl sites for hydroxylation is 1. The first-order valence-electron chi connectivity index (χ1n) is 15.4. The number of hydrogen-bond donors (Lipinski definition) is 0. The Morgan fingerprint density at radius 2 is 0.944 bits per heavy atom. The molecule has 5 nitrogen and oxygen atoms in total. The van der Waals surface area contributed by atoms with Gasteiger partial charge in [-0.15, -0.1) is 0 Å². The number of aromatic nitrogens is 2. The highest BCUT2D eigenvalue weighted by Crippen LogP contribution is 2.61. The fourth-order valence-corrected chi connectivity index (χ4v) is 4.28. The number of alkyl halides is 19. The summed E-state index contributed by atoms with van der Waals surface area (Å²) in [4.78, 5) is 8.29. The van der Waals surface area contributed by atoms with Gasteiger partial charge in [0.05, 0.1) is 0 Å². The van der Waals surface area contributed by atoms with Crippen molar-refractivity contribution in [2.75, 3.05) is 6.61 Å². The number of unbranched alkanes of at least 4 members (excludes halogenated alkanes) is 7. The van der Waals surface area contributed by atoms with Crippen molar-refractivity contribution in [2.24, 2.45) is 0 Å². The van der Waals surface area contributed by atoms with Crippen LogP contribution in [-0.2, 0) is 15.9 Å². The molecule has 0 saturated carbocycles. The third-order valence-electron chi connectivity index (χ3n) is 7.32. The van der Waals surface area contributed by atoms with Crippen LogP contribution in [0.2, 0.25) is 0 Å². The van der Waals surface area contributed by atoms with Crippen LogP contribution in [0.4, 0.5) is 83.4 Å². The smallest absolute Gasteiger partial charge is 0.460 e. The van der Waals surface area contributed by atoms with Crippen molar-refractivity contribution >= 4 is 0 Å². The first kappa shape index (κ1) is 46.8. The molecule has 0 fully saturated rings. The van der Waals surface area contributed by atoms with Crippen LogP contribution in [-0.4, -0.2) is 70.9 Å². The number of hydrogen-bond acceptors (Lipinski definition) is 5. The van der Waals surface area contributed by atoms with Gasteiger partial charge in [-0.25, -0.2) is 19.4 Å². The van der Waals surface area contributed by atoms with Gasteiger partial charge in [0.15, 0.2) is 12.4 Å². The average molecular weight is 827 g/mol. The predicted octanol–water partition coefficient (Wildman–Crippen LogP) is 11.7. The minimum Gasteiger partial charge on any atom is -0.484 e. The summed E-state index contributed by atoms with van der Waals surface area (Å²) in [5.41, 5.74) is 1.05. The highest BCUT2D eigenvalue weighted by atomic mass is 19.4. The van der Waals surface area contributed by atoms with Crippen molar-refractivity contribution in [3.8, 4) is 17.1 Å². The Morgan fingerprint density at radius 3 is 1.43 bits per heavy atom. The quantitative estimate of drug-likeness (QED) is 0.0874. The molecular weight excluding hydrogens is 797 g/mol. The molecule has 24 heteroatoms. The third-order valence-corrected chi connectivity index (χ3v) is 7.32. The van der Waals surface area contributed by atoms with E-state index < -0.39 is 66.7 Å². The molecule has 1 aromatic heterocycles. The number of halogens is 19. The Kier molecular flexibility index (Phi) is 14.6. The summed E-state index contributed by atoms with van der Waals surface area (Å²) in [6.45, 7) is -0.377. The molecule has 0 N–H and O–H groups in total. The molecule has 1 aromatic carbocycles. The van der Waals surface area contributed by atoms with Gasteiger partial charge in [-0.05, 0) is 42.7 Å². The molecule has 310 valence electrons. The van der Waals surface area contributed by atoms with Gasteiger partial charge in [0.1, 0.15) is 5.75 Å². The van der Waals surface area contributed by atoms with Crippen molar-refractivity contribution in [3.05, 3.63) is 42.2 Å². The zero-order valence-corrected chi connectivity index (χ0v) is 27.3. The third kappa shape index (κ3) is 10.5. The molecule has 0 bridgehead atoms. The molecule has 0 spiro atoms. The van der Waals surface area contributed by atoms with E-state index in [0.29, 0.717) is 6.42 Å². The lowest BCUT2D eigenvalue weighted by Crippen LogP contribution is -2.71. The van der Waals surface area contributed by atoms with Gasteiger partial charge in [-0.2, -0.15) is 83.4 Å². The molecule has 0 amide bonds. The number of rotatable bonds is 22. The van der Waals surface area contributed by atoms with Crippen LogP contribution in [0.25, 0.3) is 11.4 Å². The van der Waals surface area contributed by atoms with E-state index in [0.717, 1.165) is 68.4 Å². The second-order valence-electron chi connectivity index (χ2n) is 11.6. The van der Waals surface area contributed by atoms with E-state index in [2.05, 4.69) is 26.4 Å². The molecule has 0 aliphatic carbocycles. The molecule has 0 aliphatic heterocycles. The van der Waals surface area contributed by atoms with Crippen molar-refractivity contribution in [1.29, 1.82) is 0 Å². The van der Waals surface area contributed by atoms with Crippen molar-refractivity contribution in [2.45, 2.75) is 119 Å². The number of nitrogens with zero attached hydrogens (tertiary/aromatic N) is 2. The van der Waals surface area contributed by atoms with Crippen molar-refractivity contribution in [3.63, 3.8) is 0 Å². The lowest BCUT2D eigenvalue weighted by atomic mass is 9.97. The maximum absolute atomic E-state index is 14.0. The number of ether oxygens (including phenoxy) is 3. The highest BCUT2D eigenvalue weighted by molar-refractivity contribution is 5.55. The van der Waals surface area contributed by atoms with Crippen LogP contribution in [0.3, 0.4) is 0 Å². The van der Waals surface area contributed by atoms with Gasteiger partial charge in [0.25, 0.3) is 0 Å². The maximum Gasteiger partial charge on any atom is 0.460 e. The fraction of sp³-hybridized carbons (Fsp3) is 0.667. The molecule has 0 aliphatic rings. The molecule has 54 heavy (non-hydrogen) atoms. The molecule has 2 aromatic rings. The molecule has 2 rings (SSSR count). The normalized spacial score (nSPS) is 14.4. The Hall–Kier alpha value is -3.31. The van der Waals surface area contributed by atoms with Gasteiger partial charge in [0.2, 0.25) is 0 Å². The van der Waals surface area contributed by atoms with E-state index >= 15 is 0 Å². The molecular formula is C30H29F19N2O3. The zero-order chi connectivity index (χ0) is 41.7. The second-order valence-corrected chi connectivity index (χ2v) is 11.6. The summed E-state index contributed by atoms with van der Waals surface area (Å²) in [6.07, 6.45) is -24.3. The van der Waals surface area contributed by atoms with E-state index in [4.69, 9.17) is 0 Å². The van der Waals surface area contributed by atoms with Crippen LogP contribution >= 0.6 is 0 Å². The standard InChI is InChI=1S/C30H29F19N2O3/c1-2-3-4-5-6-7-8-9-10-18-15-50-21(51-16-18)19-11-13-20(14-12-19)52-17-22(31,32)53-29(46,47)30(48,49)54-28(44,45)26(39,40)24(35,36)23(33,34)25(37,38)27(41,42)43/h11-16H,2-10,17H2,1H3. The first-order chi connectivity index (χ1) is 24.4. The molecule has 0 saturated heterocycles. The van der Waals surface area contributed by atoms with Gasteiger partial charge < -0.3 is 4.74 Å². The topological polar surface area (TPSA) is 53.5 Å². The zero-order valence-electron chi connectivity index (χ0n) is 27.3. The molecule has 0 atom stereocenters. The fourth-order valence-electron chi connectivity index (χ4n) is 4.28. The molecule has 1 heterocycles. The van der Waals surface area contributed by atoms with Crippen molar-refractivity contribution in [1.82, 2.24) is 9.97 Å². The summed E-state index contributed by atoms with van der Waals surface area (Å²) in [5, 5.41) is 0. The Labute approximate surface area is 293 Å². The largest absolute Gasteiger partial charge is 0.484 e. The minimum atomic E-state index is -8.70. The highest BCUT2D eigenvalue weighted by Gasteiger charge is 2.92. The second kappa shape index (κ2) is 16.8. The first-order valence-corrected chi connectivity index (χ1v) is 15.4. The lowest BCUT2D eigenvalue weighted by Gasteiger charge is -2.40. The van der Waals surface area contributed by atoms with Crippen LogP contribution < -0.4 is 4.74 Å². The van der Waals surface area contributed by atoms with Crippen LogP contribution in [0.15, 0.2) is 36.7 Å². The monoisotopic (exact) mass is 826 g/mol. The summed E-state index contributed by atoms with van der Waals surface area (Å²) < 4.78 is 261. The van der Waals surface area contributed by atoms with E-state index in [1.54, 1.807) is 0 Å². The van der Waals surface area contributed by atoms with Crippen LogP contribution in [0.1, 0.15) is 63.9 Å². The summed E-state index contributed by atoms with van der Waals surface area (Å²) in [6, 6.07) is 4.06. The van der Waals surface area contributed by atoms with E-state index in [-0.39, 0.29) is 11.4 Å². The minimum absolute atomic E-state index is 0.120. The summed E-state index contributed by atoms with van der Waals surface area (Å²) >= 11 is 0. The average Bonchev–Trinajstić information content (AvgIpc) is 3.03. The Morgan fingerprint density at radius 1 is 0.500 bits per heavy atom. The van der Waals surface area contributed by atoms with E-state index in [1.807, 2.05) is 0 Å². The predicted molar refractivity (Wildman–Crippen MR) is 147 cm³/mol. The van der Waals surface area contributed by atoms with Crippen LogP contribution in [0, 0.1) is 0 Å². The molecule has 0 radical (unpaired) electrons. The van der Waals surface area contributed by atoms with Gasteiger partial charge in [-0.3, -0.25) is 0 Å². The van der Waals surface area contributed by atoms with Crippen LogP contribution in [0.5, 0.6) is 5.75 Å². The van der Waals surface area contributed by atoms with Gasteiger partial charge in [0, 0.05) is 18.0 Å². The Bertz CT molecular complexity index is 1470. The SMILES string of the molecule is CCCCCCCCCCc1cnc(-c2ccc(OCC(F)(F)OC(F)(F)C(F)(F)OC(F)(F)C(F)(F)C(F)(F)C(F)(F)C(F)(F)C(F)(F)F)cc2)nc1. The maximum atomic E-state index is 14.0. The van der Waals surface area contributed by atoms with Gasteiger partial charge >= 0.3 is 54.3 Å². The van der Waals surface area contributed by atoms with E-state index in [9.17, 15) is 83.4 Å². The van der Waals surface area contributed by atoms with E-state index in [1.165, 1.54) is 30.0 Å². The summed E-state index contributed by atoms with van der Waals surface area (Å²) in [5.74, 6) is -34.7. The van der Waals surface area contributed by atoms with Crippen molar-refractivity contribution < 1.29 is 97.6 Å². The van der Waals surface area contributed by atoms with Gasteiger partial charge in [-0.1, -0.05) is 51.9 Å².